The lowest BCUT2D eigenvalue weighted by molar-refractivity contribution is 0.0250. The molecule has 1 atom stereocenters. The second-order valence-electron chi connectivity index (χ2n) is 10.7. The molecule has 2 saturated heterocycles. The Labute approximate surface area is 234 Å². The second kappa shape index (κ2) is 13.3. The van der Waals surface area contributed by atoms with E-state index < -0.39 is 6.09 Å². The number of ether oxygens (including phenoxy) is 1. The fourth-order valence-electron chi connectivity index (χ4n) is 5.91. The van der Waals surface area contributed by atoms with Crippen LogP contribution in [0.15, 0.2) is 24.5 Å². The van der Waals surface area contributed by atoms with Crippen molar-refractivity contribution in [1.29, 1.82) is 0 Å². The van der Waals surface area contributed by atoms with E-state index >= 15 is 0 Å². The molecule has 12 nitrogen and oxygen atoms in total. The summed E-state index contributed by atoms with van der Waals surface area (Å²) in [4.78, 5) is 27.5. The Balaban J connectivity index is 1.30. The van der Waals surface area contributed by atoms with Gasteiger partial charge in [0.1, 0.15) is 11.0 Å². The molecule has 2 fully saturated rings. The number of carboxylic acid groups (broad SMARTS) is 1. The maximum absolute atomic E-state index is 11.2. The van der Waals surface area contributed by atoms with Gasteiger partial charge in [-0.1, -0.05) is 19.4 Å². The summed E-state index contributed by atoms with van der Waals surface area (Å²) in [7, 11) is 0. The summed E-state index contributed by atoms with van der Waals surface area (Å²) in [6.07, 6.45) is 9.14. The van der Waals surface area contributed by atoms with Gasteiger partial charge >= 0.3 is 6.09 Å². The van der Waals surface area contributed by atoms with Crippen molar-refractivity contribution in [3.63, 3.8) is 0 Å². The van der Waals surface area contributed by atoms with Crippen LogP contribution in [-0.2, 0) is 11.3 Å². The Morgan fingerprint density at radius 3 is 2.60 bits per heavy atom. The SMILES string of the molecule is CCCC(CCO)Nc1nc(NC(=O)O)nc2cnn(Cc3ccc(C4CCN(C5CCOCC5)CC4)nc3)c12. The molecule has 216 valence electrons. The molecule has 0 radical (unpaired) electrons. The zero-order valence-corrected chi connectivity index (χ0v) is 23.1. The molecule has 0 saturated carbocycles. The quantitative estimate of drug-likeness (QED) is 0.277. The lowest BCUT2D eigenvalue weighted by atomic mass is 9.91. The maximum Gasteiger partial charge on any atom is 0.411 e. The zero-order valence-electron chi connectivity index (χ0n) is 23.1. The van der Waals surface area contributed by atoms with Crippen LogP contribution in [0.2, 0.25) is 0 Å². The smallest absolute Gasteiger partial charge is 0.411 e. The van der Waals surface area contributed by atoms with Gasteiger partial charge in [-0.2, -0.15) is 10.1 Å². The molecule has 3 aromatic rings. The van der Waals surface area contributed by atoms with Crippen LogP contribution in [0, 0.1) is 0 Å². The van der Waals surface area contributed by atoms with Crippen LogP contribution in [0.25, 0.3) is 11.0 Å². The van der Waals surface area contributed by atoms with Gasteiger partial charge in [-0.05, 0) is 63.2 Å². The Morgan fingerprint density at radius 1 is 1.12 bits per heavy atom. The van der Waals surface area contributed by atoms with E-state index in [0.29, 0.717) is 41.8 Å². The minimum Gasteiger partial charge on any atom is -0.465 e. The zero-order chi connectivity index (χ0) is 27.9. The third-order valence-electron chi connectivity index (χ3n) is 8.00. The van der Waals surface area contributed by atoms with Gasteiger partial charge in [-0.3, -0.25) is 15.0 Å². The highest BCUT2D eigenvalue weighted by Crippen LogP contribution is 2.30. The number of piperidine rings is 1. The lowest BCUT2D eigenvalue weighted by Crippen LogP contribution is -2.43. The average Bonchev–Trinajstić information content (AvgIpc) is 3.36. The molecular weight excluding hydrogens is 512 g/mol. The fraction of sp³-hybridized carbons (Fsp3) is 0.607. The number of carbonyl (C=O) groups is 1. The van der Waals surface area contributed by atoms with Crippen LogP contribution >= 0.6 is 0 Å². The average molecular weight is 553 g/mol. The number of fused-ring (bicyclic) bond motifs is 1. The summed E-state index contributed by atoms with van der Waals surface area (Å²) >= 11 is 0. The van der Waals surface area contributed by atoms with Gasteiger partial charge in [-0.25, -0.2) is 9.78 Å². The molecule has 0 bridgehead atoms. The van der Waals surface area contributed by atoms with E-state index in [1.807, 2.05) is 10.9 Å². The molecule has 3 aromatic heterocycles. The summed E-state index contributed by atoms with van der Waals surface area (Å²) in [5.74, 6) is 0.941. The number of rotatable bonds is 11. The number of nitrogens with zero attached hydrogens (tertiary/aromatic N) is 6. The number of pyridine rings is 1. The molecule has 5 rings (SSSR count). The number of amides is 1. The predicted molar refractivity (Wildman–Crippen MR) is 152 cm³/mol. The topological polar surface area (TPSA) is 151 Å². The molecule has 0 aliphatic carbocycles. The largest absolute Gasteiger partial charge is 0.465 e. The van der Waals surface area contributed by atoms with Gasteiger partial charge in [0.05, 0.1) is 12.7 Å². The molecule has 2 aliphatic rings. The van der Waals surface area contributed by atoms with Crippen molar-refractivity contribution in [2.24, 2.45) is 0 Å². The number of likely N-dealkylation sites (tertiary alicyclic amines) is 1. The van der Waals surface area contributed by atoms with Gasteiger partial charge in [-0.15, -0.1) is 0 Å². The van der Waals surface area contributed by atoms with Crippen LogP contribution in [-0.4, -0.2) is 90.9 Å². The van der Waals surface area contributed by atoms with E-state index in [0.717, 1.165) is 76.1 Å². The molecule has 0 aromatic carbocycles. The molecule has 40 heavy (non-hydrogen) atoms. The first-order valence-electron chi connectivity index (χ1n) is 14.4. The van der Waals surface area contributed by atoms with Crippen molar-refractivity contribution >= 4 is 28.9 Å². The van der Waals surface area contributed by atoms with E-state index in [2.05, 4.69) is 49.7 Å². The van der Waals surface area contributed by atoms with Gasteiger partial charge in [0, 0.05) is 49.7 Å². The predicted octanol–water partition coefficient (Wildman–Crippen LogP) is 3.68. The van der Waals surface area contributed by atoms with Gasteiger partial charge < -0.3 is 25.2 Å². The Kier molecular flexibility index (Phi) is 9.40. The van der Waals surface area contributed by atoms with Crippen LogP contribution < -0.4 is 10.6 Å². The van der Waals surface area contributed by atoms with Crippen LogP contribution in [0.5, 0.6) is 0 Å². The third kappa shape index (κ3) is 6.86. The normalized spacial score (nSPS) is 18.1. The van der Waals surface area contributed by atoms with Crippen molar-refractivity contribution in [2.75, 3.05) is 43.5 Å². The molecule has 2 aliphatic heterocycles. The summed E-state index contributed by atoms with van der Waals surface area (Å²) in [5, 5.41) is 28.9. The van der Waals surface area contributed by atoms with Crippen molar-refractivity contribution in [3.8, 4) is 0 Å². The monoisotopic (exact) mass is 552 g/mol. The first-order valence-corrected chi connectivity index (χ1v) is 14.4. The number of nitrogens with one attached hydrogen (secondary N) is 2. The molecular formula is C28H40N8O4. The summed E-state index contributed by atoms with van der Waals surface area (Å²) < 4.78 is 7.34. The first kappa shape index (κ1) is 28.2. The number of aliphatic hydroxyl groups is 1. The molecule has 5 heterocycles. The molecule has 4 N–H and O–H groups in total. The lowest BCUT2D eigenvalue weighted by Gasteiger charge is -2.39. The number of hydrogen-bond acceptors (Lipinski definition) is 9. The number of aliphatic hydroxyl groups excluding tert-OH is 1. The number of anilines is 2. The van der Waals surface area contributed by atoms with Gasteiger partial charge in [0.2, 0.25) is 5.95 Å². The highest BCUT2D eigenvalue weighted by molar-refractivity contribution is 5.89. The maximum atomic E-state index is 11.2. The van der Waals surface area contributed by atoms with Crippen LogP contribution in [0.3, 0.4) is 0 Å². The summed E-state index contributed by atoms with van der Waals surface area (Å²) in [5.41, 5.74) is 3.36. The summed E-state index contributed by atoms with van der Waals surface area (Å²) in [6.45, 7) is 6.58. The van der Waals surface area contributed by atoms with Gasteiger partial charge in [0.15, 0.2) is 5.82 Å². The van der Waals surface area contributed by atoms with E-state index in [9.17, 15) is 15.0 Å². The minimum atomic E-state index is -1.24. The highest BCUT2D eigenvalue weighted by atomic mass is 16.5. The molecule has 1 unspecified atom stereocenters. The number of aromatic nitrogens is 5. The standard InChI is InChI=1S/C28H40N8O4/c1-2-3-21(8-13-37)31-26-25-24(32-27(33-26)34-28(38)39)17-30-36(25)18-19-4-5-23(29-16-19)20-6-11-35(12-7-20)22-9-14-40-15-10-22/h4-5,16-17,20-22,37H,2-3,6-15,18H2,1H3,(H,38,39)(H2,31,32,33,34). The van der Waals surface area contributed by atoms with E-state index in [1.54, 1.807) is 6.20 Å². The minimum absolute atomic E-state index is 0.0183. The molecule has 12 heteroatoms. The third-order valence-corrected chi connectivity index (χ3v) is 8.00. The van der Waals surface area contributed by atoms with E-state index in [4.69, 9.17) is 9.72 Å². The molecule has 1 amide bonds. The van der Waals surface area contributed by atoms with Crippen molar-refractivity contribution in [1.82, 2.24) is 29.6 Å². The number of hydrogen-bond donors (Lipinski definition) is 4. The van der Waals surface area contributed by atoms with Gasteiger partial charge in [0.25, 0.3) is 0 Å². The fourth-order valence-corrected chi connectivity index (χ4v) is 5.91. The van der Waals surface area contributed by atoms with Crippen LogP contribution in [0.4, 0.5) is 16.6 Å². The molecule has 0 spiro atoms. The van der Waals surface area contributed by atoms with Crippen molar-refractivity contribution in [3.05, 3.63) is 35.8 Å². The van der Waals surface area contributed by atoms with E-state index in [-0.39, 0.29) is 18.6 Å². The van der Waals surface area contributed by atoms with Crippen molar-refractivity contribution < 1.29 is 19.7 Å². The van der Waals surface area contributed by atoms with Crippen molar-refractivity contribution in [2.45, 2.75) is 76.4 Å². The van der Waals surface area contributed by atoms with E-state index in [1.165, 1.54) is 0 Å². The second-order valence-corrected chi connectivity index (χ2v) is 10.7. The Morgan fingerprint density at radius 2 is 1.93 bits per heavy atom. The Hall–Kier alpha value is -3.35. The van der Waals surface area contributed by atoms with Crippen LogP contribution in [0.1, 0.15) is 69.0 Å². The Bertz CT molecular complexity index is 1250. The summed E-state index contributed by atoms with van der Waals surface area (Å²) in [6, 6.07) is 4.89. The first-order chi connectivity index (χ1) is 19.5. The highest BCUT2D eigenvalue weighted by Gasteiger charge is 2.27.